The molecule has 23 heavy (non-hydrogen) atoms. The predicted octanol–water partition coefficient (Wildman–Crippen LogP) is 2.09. The Labute approximate surface area is 136 Å². The molecule has 0 spiro atoms. The van der Waals surface area contributed by atoms with Crippen LogP contribution in [-0.2, 0) is 13.5 Å². The number of para-hydroxylation sites is 1. The fraction of sp³-hybridized carbons (Fsp3) is 0.444. The van der Waals surface area contributed by atoms with Crippen molar-refractivity contribution in [3.05, 3.63) is 47.3 Å². The van der Waals surface area contributed by atoms with Crippen LogP contribution in [0.2, 0.25) is 0 Å². The molecule has 1 aromatic heterocycles. The molecule has 1 unspecified atom stereocenters. The lowest BCUT2D eigenvalue weighted by Gasteiger charge is -2.33. The molecule has 1 aliphatic carbocycles. The number of fused-ring (bicyclic) bond motifs is 1. The van der Waals surface area contributed by atoms with E-state index in [1.165, 1.54) is 24.1 Å². The van der Waals surface area contributed by atoms with Gasteiger partial charge in [-0.25, -0.2) is 0 Å². The number of benzene rings is 1. The second-order valence-electron chi connectivity index (χ2n) is 6.74. The summed E-state index contributed by atoms with van der Waals surface area (Å²) < 4.78 is 1.71. The molecule has 1 N–H and O–H groups in total. The van der Waals surface area contributed by atoms with Crippen LogP contribution in [-0.4, -0.2) is 35.3 Å². The van der Waals surface area contributed by atoms with E-state index in [2.05, 4.69) is 46.6 Å². The van der Waals surface area contributed by atoms with Gasteiger partial charge in [0, 0.05) is 32.2 Å². The van der Waals surface area contributed by atoms with Gasteiger partial charge in [0.25, 0.3) is 5.91 Å². The van der Waals surface area contributed by atoms with Crippen LogP contribution in [0, 0.1) is 0 Å². The van der Waals surface area contributed by atoms with Crippen molar-refractivity contribution in [2.75, 3.05) is 18.5 Å². The van der Waals surface area contributed by atoms with Gasteiger partial charge in [0.1, 0.15) is 5.69 Å². The third-order valence-corrected chi connectivity index (χ3v) is 4.83. The highest BCUT2D eigenvalue weighted by atomic mass is 16.2. The molecule has 1 aliphatic heterocycles. The van der Waals surface area contributed by atoms with E-state index in [0.717, 1.165) is 18.7 Å². The summed E-state index contributed by atoms with van der Waals surface area (Å²) in [5.74, 6) is 0.542. The summed E-state index contributed by atoms with van der Waals surface area (Å²) in [4.78, 5) is 14.8. The number of aromatic nitrogens is 2. The monoisotopic (exact) mass is 310 g/mol. The lowest BCUT2D eigenvalue weighted by Crippen LogP contribution is -2.47. The minimum atomic E-state index is -0.0234. The second-order valence-corrected chi connectivity index (χ2v) is 6.74. The standard InChI is InChI=1S/C18H22N4O/c1-21-11-14(9-13-5-3-4-6-16(13)21)19-18(23)17-10-15(12-7-8-12)20-22(17)2/h3-6,10,12,14H,7-9,11H2,1-2H3,(H,19,23). The van der Waals surface area contributed by atoms with Crippen molar-refractivity contribution in [1.29, 1.82) is 0 Å². The Kier molecular flexibility index (Phi) is 3.36. The summed E-state index contributed by atoms with van der Waals surface area (Å²) in [5, 5.41) is 7.66. The number of nitrogens with one attached hydrogen (secondary N) is 1. The number of aryl methyl sites for hydroxylation is 1. The molecule has 0 radical (unpaired) electrons. The second kappa shape index (κ2) is 5.41. The molecular weight excluding hydrogens is 288 g/mol. The first-order chi connectivity index (χ1) is 11.1. The van der Waals surface area contributed by atoms with Crippen LogP contribution >= 0.6 is 0 Å². The van der Waals surface area contributed by atoms with Crippen LogP contribution in [0.3, 0.4) is 0 Å². The normalized spacial score (nSPS) is 20.3. The van der Waals surface area contributed by atoms with Crippen LogP contribution in [0.5, 0.6) is 0 Å². The SMILES string of the molecule is CN1CC(NC(=O)c2cc(C3CC3)nn2C)Cc2ccccc21. The zero-order valence-corrected chi connectivity index (χ0v) is 13.6. The van der Waals surface area contributed by atoms with Crippen LogP contribution in [0.15, 0.2) is 30.3 Å². The minimum Gasteiger partial charge on any atom is -0.372 e. The van der Waals surface area contributed by atoms with Crippen molar-refractivity contribution in [3.8, 4) is 0 Å². The lowest BCUT2D eigenvalue weighted by atomic mass is 9.98. The van der Waals surface area contributed by atoms with Gasteiger partial charge in [-0.05, 0) is 37.0 Å². The van der Waals surface area contributed by atoms with E-state index in [1.54, 1.807) is 4.68 Å². The Morgan fingerprint density at radius 1 is 1.26 bits per heavy atom. The van der Waals surface area contributed by atoms with E-state index >= 15 is 0 Å². The van der Waals surface area contributed by atoms with Gasteiger partial charge >= 0.3 is 0 Å². The summed E-state index contributed by atoms with van der Waals surface area (Å²) in [7, 11) is 3.93. The van der Waals surface area contributed by atoms with Gasteiger partial charge < -0.3 is 10.2 Å². The number of likely N-dealkylation sites (N-methyl/N-ethyl adjacent to an activating group) is 1. The van der Waals surface area contributed by atoms with Crippen LogP contribution in [0.25, 0.3) is 0 Å². The fourth-order valence-electron chi connectivity index (χ4n) is 3.45. The molecule has 1 amide bonds. The summed E-state index contributed by atoms with van der Waals surface area (Å²) in [6.07, 6.45) is 3.27. The highest BCUT2D eigenvalue weighted by Gasteiger charge is 2.29. The Morgan fingerprint density at radius 3 is 2.83 bits per heavy atom. The van der Waals surface area contributed by atoms with Gasteiger partial charge in [0.2, 0.25) is 0 Å². The third-order valence-electron chi connectivity index (χ3n) is 4.83. The fourth-order valence-corrected chi connectivity index (χ4v) is 3.45. The Bertz CT molecular complexity index is 747. The zero-order valence-electron chi connectivity index (χ0n) is 13.6. The van der Waals surface area contributed by atoms with Crippen LogP contribution in [0.1, 0.15) is 40.5 Å². The summed E-state index contributed by atoms with van der Waals surface area (Å²) in [5.41, 5.74) is 4.27. The third kappa shape index (κ3) is 2.71. The molecule has 1 saturated carbocycles. The van der Waals surface area contributed by atoms with E-state index in [0.29, 0.717) is 11.6 Å². The molecule has 1 aromatic carbocycles. The van der Waals surface area contributed by atoms with E-state index in [1.807, 2.05) is 13.1 Å². The van der Waals surface area contributed by atoms with E-state index in [-0.39, 0.29) is 11.9 Å². The van der Waals surface area contributed by atoms with Crippen molar-refractivity contribution in [3.63, 3.8) is 0 Å². The van der Waals surface area contributed by atoms with Gasteiger partial charge in [-0.3, -0.25) is 9.48 Å². The number of hydrogen-bond acceptors (Lipinski definition) is 3. The van der Waals surface area contributed by atoms with Gasteiger partial charge in [-0.15, -0.1) is 0 Å². The molecule has 2 aliphatic rings. The zero-order chi connectivity index (χ0) is 16.0. The molecule has 2 heterocycles. The maximum absolute atomic E-state index is 12.6. The molecule has 0 bridgehead atoms. The average molecular weight is 310 g/mol. The van der Waals surface area contributed by atoms with E-state index < -0.39 is 0 Å². The molecule has 5 heteroatoms. The largest absolute Gasteiger partial charge is 0.372 e. The molecule has 5 nitrogen and oxygen atoms in total. The first kappa shape index (κ1) is 14.3. The Hall–Kier alpha value is -2.30. The molecule has 1 atom stereocenters. The van der Waals surface area contributed by atoms with E-state index in [9.17, 15) is 4.79 Å². The number of nitrogens with zero attached hydrogens (tertiary/aromatic N) is 3. The Balaban J connectivity index is 1.49. The number of carbonyl (C=O) groups is 1. The van der Waals surface area contributed by atoms with Crippen molar-refractivity contribution < 1.29 is 4.79 Å². The van der Waals surface area contributed by atoms with Gasteiger partial charge in [0.15, 0.2) is 0 Å². The van der Waals surface area contributed by atoms with Crippen LogP contribution < -0.4 is 10.2 Å². The molecule has 0 saturated heterocycles. The quantitative estimate of drug-likeness (QED) is 0.944. The predicted molar refractivity (Wildman–Crippen MR) is 89.9 cm³/mol. The molecule has 1 fully saturated rings. The molecule has 4 rings (SSSR count). The van der Waals surface area contributed by atoms with Crippen molar-refractivity contribution in [2.45, 2.75) is 31.2 Å². The smallest absolute Gasteiger partial charge is 0.269 e. The summed E-state index contributed by atoms with van der Waals surface area (Å²) in [6, 6.07) is 10.5. The Morgan fingerprint density at radius 2 is 2.04 bits per heavy atom. The van der Waals surface area contributed by atoms with Gasteiger partial charge in [0.05, 0.1) is 11.7 Å². The van der Waals surface area contributed by atoms with Crippen molar-refractivity contribution in [1.82, 2.24) is 15.1 Å². The van der Waals surface area contributed by atoms with E-state index in [4.69, 9.17) is 0 Å². The topological polar surface area (TPSA) is 50.2 Å². The number of hydrogen-bond donors (Lipinski definition) is 1. The highest BCUT2D eigenvalue weighted by Crippen LogP contribution is 2.39. The average Bonchev–Trinajstić information content (AvgIpc) is 3.30. The maximum Gasteiger partial charge on any atom is 0.269 e. The number of amides is 1. The first-order valence-corrected chi connectivity index (χ1v) is 8.25. The number of rotatable bonds is 3. The first-order valence-electron chi connectivity index (χ1n) is 8.25. The molecule has 120 valence electrons. The maximum atomic E-state index is 12.6. The molecular formula is C18H22N4O. The number of carbonyl (C=O) groups excluding carboxylic acids is 1. The minimum absolute atomic E-state index is 0.0234. The highest BCUT2D eigenvalue weighted by molar-refractivity contribution is 5.93. The summed E-state index contributed by atoms with van der Waals surface area (Å²) in [6.45, 7) is 0.829. The number of anilines is 1. The van der Waals surface area contributed by atoms with Gasteiger partial charge in [-0.2, -0.15) is 5.10 Å². The lowest BCUT2D eigenvalue weighted by molar-refractivity contribution is 0.0927. The van der Waals surface area contributed by atoms with Crippen molar-refractivity contribution >= 4 is 11.6 Å². The van der Waals surface area contributed by atoms with Crippen molar-refractivity contribution in [2.24, 2.45) is 7.05 Å². The van der Waals surface area contributed by atoms with Gasteiger partial charge in [-0.1, -0.05) is 18.2 Å². The van der Waals surface area contributed by atoms with Crippen LogP contribution in [0.4, 0.5) is 5.69 Å². The summed E-state index contributed by atoms with van der Waals surface area (Å²) >= 11 is 0. The molecule has 2 aromatic rings.